The SMILES string of the molecule is CC(=O)c1ccc(Nc2nc(-c3nc4cc(C)ccc4n3C)cs2)cc1. The van der Waals surface area contributed by atoms with E-state index in [0.29, 0.717) is 5.56 Å². The summed E-state index contributed by atoms with van der Waals surface area (Å²) in [6.45, 7) is 3.63. The van der Waals surface area contributed by atoms with Gasteiger partial charge in [0.25, 0.3) is 0 Å². The Morgan fingerprint density at radius 1 is 1.12 bits per heavy atom. The van der Waals surface area contributed by atoms with Crippen LogP contribution in [0, 0.1) is 6.92 Å². The highest BCUT2D eigenvalue weighted by Gasteiger charge is 2.13. The Balaban J connectivity index is 1.62. The van der Waals surface area contributed by atoms with Crippen LogP contribution in [0.5, 0.6) is 0 Å². The van der Waals surface area contributed by atoms with E-state index in [1.54, 1.807) is 6.92 Å². The predicted octanol–water partition coefficient (Wildman–Crippen LogP) is 4.95. The zero-order chi connectivity index (χ0) is 18.3. The molecule has 6 heteroatoms. The number of ketones is 1. The molecule has 0 atom stereocenters. The van der Waals surface area contributed by atoms with Gasteiger partial charge in [0.1, 0.15) is 5.69 Å². The molecule has 0 bridgehead atoms. The van der Waals surface area contributed by atoms with Crippen molar-refractivity contribution in [3.05, 3.63) is 59.0 Å². The molecule has 0 fully saturated rings. The second-order valence-corrected chi connectivity index (χ2v) is 7.14. The highest BCUT2D eigenvalue weighted by Crippen LogP contribution is 2.29. The fourth-order valence-electron chi connectivity index (χ4n) is 2.88. The molecule has 4 aromatic rings. The van der Waals surface area contributed by atoms with Crippen molar-refractivity contribution in [2.45, 2.75) is 13.8 Å². The van der Waals surface area contributed by atoms with Gasteiger partial charge in [-0.1, -0.05) is 6.07 Å². The number of Topliss-reactive ketones (excluding diaryl/α,β-unsaturated/α-hetero) is 1. The van der Waals surface area contributed by atoms with Gasteiger partial charge < -0.3 is 9.88 Å². The van der Waals surface area contributed by atoms with Gasteiger partial charge in [-0.2, -0.15) is 0 Å². The van der Waals surface area contributed by atoms with E-state index < -0.39 is 0 Å². The van der Waals surface area contributed by atoms with Crippen LogP contribution in [0.1, 0.15) is 22.8 Å². The standard InChI is InChI=1S/C20H18N4OS/c1-12-4-9-18-16(10-12)22-19(24(18)3)17-11-26-20(23-17)21-15-7-5-14(6-8-15)13(2)25/h4-11H,1-3H3,(H,21,23). The van der Waals surface area contributed by atoms with E-state index in [1.807, 2.05) is 36.7 Å². The molecule has 0 radical (unpaired) electrons. The summed E-state index contributed by atoms with van der Waals surface area (Å²) in [4.78, 5) is 20.8. The number of rotatable bonds is 4. The van der Waals surface area contributed by atoms with Crippen molar-refractivity contribution in [1.82, 2.24) is 14.5 Å². The quantitative estimate of drug-likeness (QED) is 0.522. The Morgan fingerprint density at radius 2 is 1.88 bits per heavy atom. The minimum absolute atomic E-state index is 0.0603. The first-order chi connectivity index (χ1) is 12.5. The summed E-state index contributed by atoms with van der Waals surface area (Å²) >= 11 is 1.53. The Morgan fingerprint density at radius 3 is 2.62 bits per heavy atom. The number of nitrogens with zero attached hydrogens (tertiary/aromatic N) is 3. The van der Waals surface area contributed by atoms with Crippen molar-refractivity contribution >= 4 is 39.0 Å². The fourth-order valence-corrected chi connectivity index (χ4v) is 3.59. The van der Waals surface area contributed by atoms with Gasteiger partial charge in [0, 0.05) is 23.7 Å². The molecular formula is C20H18N4OS. The van der Waals surface area contributed by atoms with Crippen LogP contribution in [0.15, 0.2) is 47.8 Å². The second-order valence-electron chi connectivity index (χ2n) is 6.28. The third-order valence-electron chi connectivity index (χ3n) is 4.31. The topological polar surface area (TPSA) is 59.8 Å². The summed E-state index contributed by atoms with van der Waals surface area (Å²) in [7, 11) is 2.01. The highest BCUT2D eigenvalue weighted by atomic mass is 32.1. The molecule has 0 aliphatic heterocycles. The smallest absolute Gasteiger partial charge is 0.187 e. The van der Waals surface area contributed by atoms with Gasteiger partial charge in [-0.3, -0.25) is 4.79 Å². The minimum Gasteiger partial charge on any atom is -0.332 e. The van der Waals surface area contributed by atoms with E-state index in [4.69, 9.17) is 4.98 Å². The lowest BCUT2D eigenvalue weighted by Crippen LogP contribution is -1.95. The van der Waals surface area contributed by atoms with Crippen LogP contribution in [0.3, 0.4) is 0 Å². The summed E-state index contributed by atoms with van der Waals surface area (Å²) in [5.41, 5.74) is 5.70. The molecule has 0 aliphatic rings. The molecule has 1 N–H and O–H groups in total. The molecule has 2 aromatic carbocycles. The van der Waals surface area contributed by atoms with Crippen LogP contribution in [-0.4, -0.2) is 20.3 Å². The fraction of sp³-hybridized carbons (Fsp3) is 0.150. The first-order valence-electron chi connectivity index (χ1n) is 8.28. The molecule has 130 valence electrons. The first kappa shape index (κ1) is 16.5. The third kappa shape index (κ3) is 2.99. The molecule has 0 spiro atoms. The monoisotopic (exact) mass is 362 g/mol. The maximum Gasteiger partial charge on any atom is 0.187 e. The average Bonchev–Trinajstić information content (AvgIpc) is 3.20. The largest absolute Gasteiger partial charge is 0.332 e. The third-order valence-corrected chi connectivity index (χ3v) is 5.07. The van der Waals surface area contributed by atoms with Crippen LogP contribution in [-0.2, 0) is 7.05 Å². The zero-order valence-electron chi connectivity index (χ0n) is 14.8. The average molecular weight is 362 g/mol. The molecule has 2 aromatic heterocycles. The number of benzene rings is 2. The molecular weight excluding hydrogens is 344 g/mol. The number of imidazole rings is 1. The normalized spacial score (nSPS) is 11.0. The van der Waals surface area contributed by atoms with Crippen molar-refractivity contribution in [3.8, 4) is 11.5 Å². The van der Waals surface area contributed by atoms with E-state index in [0.717, 1.165) is 33.4 Å². The Hall–Kier alpha value is -2.99. The van der Waals surface area contributed by atoms with E-state index >= 15 is 0 Å². The van der Waals surface area contributed by atoms with Crippen molar-refractivity contribution in [1.29, 1.82) is 0 Å². The van der Waals surface area contributed by atoms with Crippen LogP contribution in [0.25, 0.3) is 22.6 Å². The van der Waals surface area contributed by atoms with E-state index in [2.05, 4.69) is 40.0 Å². The number of carbonyl (C=O) groups is 1. The van der Waals surface area contributed by atoms with Crippen LogP contribution < -0.4 is 5.32 Å². The van der Waals surface area contributed by atoms with Gasteiger partial charge in [-0.15, -0.1) is 11.3 Å². The number of hydrogen-bond acceptors (Lipinski definition) is 5. The Bertz CT molecular complexity index is 1110. The highest BCUT2D eigenvalue weighted by molar-refractivity contribution is 7.14. The predicted molar refractivity (Wildman–Crippen MR) is 106 cm³/mol. The lowest BCUT2D eigenvalue weighted by atomic mass is 10.1. The summed E-state index contributed by atoms with van der Waals surface area (Å²) in [6, 6.07) is 13.7. The van der Waals surface area contributed by atoms with Crippen LogP contribution in [0.2, 0.25) is 0 Å². The van der Waals surface area contributed by atoms with Crippen molar-refractivity contribution < 1.29 is 4.79 Å². The summed E-state index contributed by atoms with van der Waals surface area (Å²) in [5.74, 6) is 0.909. The molecule has 0 unspecified atom stereocenters. The molecule has 2 heterocycles. The van der Waals surface area contributed by atoms with Crippen LogP contribution in [0.4, 0.5) is 10.8 Å². The summed E-state index contributed by atoms with van der Waals surface area (Å²) in [6.07, 6.45) is 0. The number of anilines is 2. The summed E-state index contributed by atoms with van der Waals surface area (Å²) < 4.78 is 2.06. The minimum atomic E-state index is 0.0603. The molecule has 5 nitrogen and oxygen atoms in total. The van der Waals surface area contributed by atoms with Crippen molar-refractivity contribution in [2.24, 2.45) is 7.05 Å². The van der Waals surface area contributed by atoms with Gasteiger partial charge in [-0.05, 0) is 55.8 Å². The molecule has 0 amide bonds. The maximum atomic E-state index is 11.4. The number of aryl methyl sites for hydroxylation is 2. The molecule has 0 aliphatic carbocycles. The van der Waals surface area contributed by atoms with Gasteiger partial charge in [-0.25, -0.2) is 9.97 Å². The van der Waals surface area contributed by atoms with E-state index in [1.165, 1.54) is 16.9 Å². The maximum absolute atomic E-state index is 11.4. The van der Waals surface area contributed by atoms with Gasteiger partial charge >= 0.3 is 0 Å². The van der Waals surface area contributed by atoms with E-state index in [-0.39, 0.29) is 5.78 Å². The van der Waals surface area contributed by atoms with Crippen LogP contribution >= 0.6 is 11.3 Å². The Kier molecular flexibility index (Phi) is 4.05. The lowest BCUT2D eigenvalue weighted by molar-refractivity contribution is 0.101. The molecule has 4 rings (SSSR count). The molecule has 0 saturated carbocycles. The number of thiazole rings is 1. The second kappa shape index (κ2) is 6.38. The molecule has 26 heavy (non-hydrogen) atoms. The van der Waals surface area contributed by atoms with Gasteiger partial charge in [0.15, 0.2) is 16.7 Å². The van der Waals surface area contributed by atoms with Crippen molar-refractivity contribution in [2.75, 3.05) is 5.32 Å². The number of hydrogen-bond donors (Lipinski definition) is 1. The summed E-state index contributed by atoms with van der Waals surface area (Å²) in [5, 5.41) is 6.07. The number of aromatic nitrogens is 3. The number of fused-ring (bicyclic) bond motifs is 1. The van der Waals surface area contributed by atoms with Gasteiger partial charge in [0.2, 0.25) is 0 Å². The molecule has 0 saturated heterocycles. The zero-order valence-corrected chi connectivity index (χ0v) is 15.6. The van der Waals surface area contributed by atoms with Crippen molar-refractivity contribution in [3.63, 3.8) is 0 Å². The van der Waals surface area contributed by atoms with E-state index in [9.17, 15) is 4.79 Å². The lowest BCUT2D eigenvalue weighted by Gasteiger charge is -2.03. The number of carbonyl (C=O) groups excluding carboxylic acids is 1. The first-order valence-corrected chi connectivity index (χ1v) is 9.16. The van der Waals surface area contributed by atoms with Gasteiger partial charge in [0.05, 0.1) is 11.0 Å². The number of nitrogens with one attached hydrogen (secondary N) is 1. The Labute approximate surface area is 155 Å².